The van der Waals surface area contributed by atoms with Gasteiger partial charge in [-0.05, 0) is 17.5 Å². The number of hydrogen-bond acceptors (Lipinski definition) is 4. The lowest BCUT2D eigenvalue weighted by Gasteiger charge is -2.15. The van der Waals surface area contributed by atoms with E-state index in [4.69, 9.17) is 14.6 Å². The molecule has 0 aromatic heterocycles. The maximum atomic E-state index is 12.1. The molecule has 0 aliphatic rings. The third-order valence-corrected chi connectivity index (χ3v) is 3.47. The highest BCUT2D eigenvalue weighted by Gasteiger charge is 2.20. The third-order valence-electron chi connectivity index (χ3n) is 3.47. The summed E-state index contributed by atoms with van der Waals surface area (Å²) in [6, 6.07) is 19.3. The molecule has 0 heterocycles. The lowest BCUT2D eigenvalue weighted by molar-refractivity contribution is -0.153. The number of carbonyl (C=O) groups excluding carboxylic acids is 1. The first-order valence-corrected chi connectivity index (χ1v) is 7.72. The topological polar surface area (TPSA) is 55.8 Å². The Labute approximate surface area is 136 Å². The number of hydrogen-bond donors (Lipinski definition) is 1. The van der Waals surface area contributed by atoms with E-state index in [1.807, 2.05) is 60.7 Å². The van der Waals surface area contributed by atoms with Gasteiger partial charge in [-0.1, -0.05) is 60.7 Å². The fraction of sp³-hybridized carbons (Fsp3) is 0.316. The minimum atomic E-state index is -0.451. The Kier molecular flexibility index (Phi) is 7.30. The predicted octanol–water partition coefficient (Wildman–Crippen LogP) is 2.95. The first kappa shape index (κ1) is 17.2. The summed E-state index contributed by atoms with van der Waals surface area (Å²) in [7, 11) is 0. The van der Waals surface area contributed by atoms with Crippen LogP contribution in [0.1, 0.15) is 17.5 Å². The molecule has 0 bridgehead atoms. The largest absolute Gasteiger partial charge is 0.461 e. The van der Waals surface area contributed by atoms with Crippen molar-refractivity contribution < 1.29 is 19.4 Å². The minimum Gasteiger partial charge on any atom is -0.461 e. The van der Waals surface area contributed by atoms with Gasteiger partial charge in [-0.3, -0.25) is 4.79 Å². The van der Waals surface area contributed by atoms with Gasteiger partial charge in [0.25, 0.3) is 0 Å². The normalized spacial score (nSPS) is 11.9. The standard InChI is InChI=1S/C19H22O4/c20-12-11-18(15-22-13-16-7-3-1-4-8-16)19(21)23-14-17-9-5-2-6-10-17/h1-10,18,20H,11-15H2. The van der Waals surface area contributed by atoms with Crippen LogP contribution in [0.5, 0.6) is 0 Å². The van der Waals surface area contributed by atoms with Gasteiger partial charge in [0, 0.05) is 6.61 Å². The summed E-state index contributed by atoms with van der Waals surface area (Å²) < 4.78 is 10.9. The fourth-order valence-corrected chi connectivity index (χ4v) is 2.16. The molecule has 2 aromatic carbocycles. The average molecular weight is 314 g/mol. The number of aliphatic hydroxyl groups is 1. The first-order chi connectivity index (χ1) is 11.3. The molecule has 2 rings (SSSR count). The molecular formula is C19H22O4. The van der Waals surface area contributed by atoms with Crippen LogP contribution >= 0.6 is 0 Å². The van der Waals surface area contributed by atoms with Crippen molar-refractivity contribution in [1.29, 1.82) is 0 Å². The Morgan fingerprint density at radius 2 is 1.48 bits per heavy atom. The number of esters is 1. The number of rotatable bonds is 9. The second kappa shape index (κ2) is 9.77. The Hall–Kier alpha value is -2.17. The summed E-state index contributed by atoms with van der Waals surface area (Å²) in [5.74, 6) is -0.789. The zero-order chi connectivity index (χ0) is 16.3. The van der Waals surface area contributed by atoms with E-state index in [1.54, 1.807) is 0 Å². The molecule has 4 heteroatoms. The smallest absolute Gasteiger partial charge is 0.311 e. The quantitative estimate of drug-likeness (QED) is 0.723. The molecule has 1 N–H and O–H groups in total. The summed E-state index contributed by atoms with van der Waals surface area (Å²) in [5, 5.41) is 9.12. The highest BCUT2D eigenvalue weighted by Crippen LogP contribution is 2.11. The molecule has 1 unspecified atom stereocenters. The number of carbonyl (C=O) groups is 1. The van der Waals surface area contributed by atoms with Gasteiger partial charge in [0.15, 0.2) is 0 Å². The van der Waals surface area contributed by atoms with Gasteiger partial charge in [0.2, 0.25) is 0 Å². The summed E-state index contributed by atoms with van der Waals surface area (Å²) in [6.07, 6.45) is 0.336. The van der Waals surface area contributed by atoms with Gasteiger partial charge >= 0.3 is 5.97 Å². The summed E-state index contributed by atoms with van der Waals surface area (Å²) in [4.78, 5) is 12.1. The minimum absolute atomic E-state index is 0.0696. The maximum absolute atomic E-state index is 12.1. The van der Waals surface area contributed by atoms with Gasteiger partial charge in [-0.15, -0.1) is 0 Å². The van der Waals surface area contributed by atoms with E-state index in [0.717, 1.165) is 11.1 Å². The van der Waals surface area contributed by atoms with Crippen LogP contribution in [0, 0.1) is 5.92 Å². The molecule has 1 atom stereocenters. The highest BCUT2D eigenvalue weighted by atomic mass is 16.5. The Bertz CT molecular complexity index is 568. The van der Waals surface area contributed by atoms with E-state index in [0.29, 0.717) is 13.0 Å². The first-order valence-electron chi connectivity index (χ1n) is 7.72. The van der Waals surface area contributed by atoms with Crippen LogP contribution in [0.25, 0.3) is 0 Å². The van der Waals surface area contributed by atoms with Crippen molar-refractivity contribution in [1.82, 2.24) is 0 Å². The predicted molar refractivity (Wildman–Crippen MR) is 87.5 cm³/mol. The van der Waals surface area contributed by atoms with Crippen LogP contribution in [-0.4, -0.2) is 24.3 Å². The molecular weight excluding hydrogens is 292 g/mol. The van der Waals surface area contributed by atoms with Gasteiger partial charge < -0.3 is 14.6 Å². The van der Waals surface area contributed by atoms with Crippen molar-refractivity contribution in [2.45, 2.75) is 19.6 Å². The highest BCUT2D eigenvalue weighted by molar-refractivity contribution is 5.72. The molecule has 4 nitrogen and oxygen atoms in total. The molecule has 0 radical (unpaired) electrons. The molecule has 0 saturated carbocycles. The van der Waals surface area contributed by atoms with Crippen LogP contribution in [0.15, 0.2) is 60.7 Å². The van der Waals surface area contributed by atoms with Crippen molar-refractivity contribution in [3.63, 3.8) is 0 Å². The zero-order valence-electron chi connectivity index (χ0n) is 13.1. The van der Waals surface area contributed by atoms with Gasteiger partial charge in [0.05, 0.1) is 19.1 Å². The summed E-state index contributed by atoms with van der Waals surface area (Å²) in [6.45, 7) is 0.845. The lowest BCUT2D eigenvalue weighted by atomic mass is 10.1. The number of ether oxygens (including phenoxy) is 2. The van der Waals surface area contributed by atoms with Crippen LogP contribution in [0.2, 0.25) is 0 Å². The average Bonchev–Trinajstić information content (AvgIpc) is 2.61. The molecule has 122 valence electrons. The Morgan fingerprint density at radius 3 is 2.04 bits per heavy atom. The van der Waals surface area contributed by atoms with Crippen LogP contribution in [-0.2, 0) is 27.5 Å². The van der Waals surface area contributed by atoms with Crippen molar-refractivity contribution in [3.05, 3.63) is 71.8 Å². The lowest BCUT2D eigenvalue weighted by Crippen LogP contribution is -2.24. The summed E-state index contributed by atoms with van der Waals surface area (Å²) in [5.41, 5.74) is 1.99. The van der Waals surface area contributed by atoms with E-state index in [2.05, 4.69) is 0 Å². The van der Waals surface area contributed by atoms with Crippen LogP contribution < -0.4 is 0 Å². The number of aliphatic hydroxyl groups excluding tert-OH is 1. The molecule has 0 spiro atoms. The fourth-order valence-electron chi connectivity index (χ4n) is 2.16. The van der Waals surface area contributed by atoms with Crippen molar-refractivity contribution in [3.8, 4) is 0 Å². The molecule has 0 aliphatic carbocycles. The monoisotopic (exact) mass is 314 g/mol. The zero-order valence-corrected chi connectivity index (χ0v) is 13.1. The Morgan fingerprint density at radius 1 is 0.913 bits per heavy atom. The molecule has 0 saturated heterocycles. The Balaban J connectivity index is 1.78. The van der Waals surface area contributed by atoms with Gasteiger partial charge in [0.1, 0.15) is 6.61 Å². The molecule has 2 aromatic rings. The van der Waals surface area contributed by atoms with Crippen LogP contribution in [0.3, 0.4) is 0 Å². The number of benzene rings is 2. The molecule has 0 aliphatic heterocycles. The summed E-state index contributed by atoms with van der Waals surface area (Å²) >= 11 is 0. The van der Waals surface area contributed by atoms with Gasteiger partial charge in [-0.25, -0.2) is 0 Å². The van der Waals surface area contributed by atoms with E-state index >= 15 is 0 Å². The van der Waals surface area contributed by atoms with Crippen LogP contribution in [0.4, 0.5) is 0 Å². The third kappa shape index (κ3) is 6.22. The van der Waals surface area contributed by atoms with Crippen molar-refractivity contribution in [2.24, 2.45) is 5.92 Å². The second-order valence-corrected chi connectivity index (χ2v) is 5.30. The SMILES string of the molecule is O=C(OCc1ccccc1)C(CCO)COCc1ccccc1. The van der Waals surface area contributed by atoms with E-state index in [1.165, 1.54) is 0 Å². The van der Waals surface area contributed by atoms with E-state index in [-0.39, 0.29) is 25.8 Å². The van der Waals surface area contributed by atoms with Crippen molar-refractivity contribution >= 4 is 5.97 Å². The molecule has 0 amide bonds. The maximum Gasteiger partial charge on any atom is 0.311 e. The van der Waals surface area contributed by atoms with Crippen molar-refractivity contribution in [2.75, 3.05) is 13.2 Å². The molecule has 23 heavy (non-hydrogen) atoms. The van der Waals surface area contributed by atoms with E-state index in [9.17, 15) is 4.79 Å². The molecule has 0 fully saturated rings. The second-order valence-electron chi connectivity index (χ2n) is 5.30. The van der Waals surface area contributed by atoms with E-state index < -0.39 is 5.92 Å². The van der Waals surface area contributed by atoms with Gasteiger partial charge in [-0.2, -0.15) is 0 Å².